The third-order valence-corrected chi connectivity index (χ3v) is 4.66. The molecule has 7 heteroatoms. The van der Waals surface area contributed by atoms with Crippen LogP contribution in [-0.2, 0) is 10.0 Å². The molecule has 1 N–H and O–H groups in total. The van der Waals surface area contributed by atoms with Crippen molar-refractivity contribution in [2.75, 3.05) is 13.2 Å². The molecular formula is C16H13Cl2NO3S. The molecule has 0 bridgehead atoms. The average Bonchev–Trinajstić information content (AvgIpc) is 2.52. The van der Waals surface area contributed by atoms with Gasteiger partial charge in [-0.1, -0.05) is 53.2 Å². The molecule has 23 heavy (non-hydrogen) atoms. The SMILES string of the molecule is O=S(=O)(NCC#CCOc1ccccc1Cl)c1cccc(Cl)c1. The summed E-state index contributed by atoms with van der Waals surface area (Å²) in [5.41, 5.74) is 0. The van der Waals surface area contributed by atoms with E-state index in [1.165, 1.54) is 12.1 Å². The zero-order chi connectivity index (χ0) is 16.7. The van der Waals surface area contributed by atoms with Gasteiger partial charge in [0.2, 0.25) is 10.0 Å². The van der Waals surface area contributed by atoms with Crippen LogP contribution in [0.15, 0.2) is 53.4 Å². The first kappa shape index (κ1) is 17.6. The highest BCUT2D eigenvalue weighted by Crippen LogP contribution is 2.22. The Balaban J connectivity index is 1.85. The van der Waals surface area contributed by atoms with Gasteiger partial charge >= 0.3 is 0 Å². The van der Waals surface area contributed by atoms with Crippen LogP contribution in [0.25, 0.3) is 0 Å². The van der Waals surface area contributed by atoms with Gasteiger partial charge in [0.05, 0.1) is 16.5 Å². The number of para-hydroxylation sites is 1. The quantitative estimate of drug-likeness (QED) is 0.822. The molecule has 0 aromatic heterocycles. The van der Waals surface area contributed by atoms with Gasteiger partial charge in [-0.15, -0.1) is 0 Å². The van der Waals surface area contributed by atoms with Gasteiger partial charge in [-0.2, -0.15) is 4.72 Å². The van der Waals surface area contributed by atoms with Crippen LogP contribution in [0.5, 0.6) is 5.75 Å². The predicted octanol–water partition coefficient (Wildman–Crippen LogP) is 3.35. The summed E-state index contributed by atoms with van der Waals surface area (Å²) in [5, 5.41) is 0.850. The van der Waals surface area contributed by atoms with E-state index in [1.807, 2.05) is 0 Å². The molecule has 0 saturated heterocycles. The smallest absolute Gasteiger partial charge is 0.241 e. The van der Waals surface area contributed by atoms with Gasteiger partial charge < -0.3 is 4.74 Å². The minimum absolute atomic E-state index is 0.0271. The van der Waals surface area contributed by atoms with Crippen LogP contribution in [0.4, 0.5) is 0 Å². The molecule has 0 fully saturated rings. The molecule has 0 saturated carbocycles. The Morgan fingerprint density at radius 3 is 2.57 bits per heavy atom. The third-order valence-electron chi connectivity index (χ3n) is 2.72. The molecule has 0 aliphatic rings. The van der Waals surface area contributed by atoms with Crippen molar-refractivity contribution < 1.29 is 13.2 Å². The van der Waals surface area contributed by atoms with Gasteiger partial charge in [0, 0.05) is 5.02 Å². The maximum Gasteiger partial charge on any atom is 0.241 e. The van der Waals surface area contributed by atoms with Crippen LogP contribution in [0, 0.1) is 11.8 Å². The van der Waals surface area contributed by atoms with E-state index >= 15 is 0 Å². The molecule has 2 aromatic rings. The first-order valence-electron chi connectivity index (χ1n) is 6.57. The lowest BCUT2D eigenvalue weighted by Gasteiger charge is -2.04. The molecule has 2 rings (SSSR count). The van der Waals surface area contributed by atoms with Crippen molar-refractivity contribution in [1.29, 1.82) is 0 Å². The molecule has 0 unspecified atom stereocenters. The van der Waals surface area contributed by atoms with Gasteiger partial charge in [-0.3, -0.25) is 0 Å². The number of ether oxygens (including phenoxy) is 1. The number of halogens is 2. The zero-order valence-electron chi connectivity index (χ0n) is 11.9. The van der Waals surface area contributed by atoms with Crippen LogP contribution in [0.2, 0.25) is 10.0 Å². The van der Waals surface area contributed by atoms with Crippen LogP contribution in [-0.4, -0.2) is 21.6 Å². The fourth-order valence-corrected chi connectivity index (χ4v) is 3.05. The summed E-state index contributed by atoms with van der Waals surface area (Å²) in [6.45, 7) is 0.0867. The highest BCUT2D eigenvalue weighted by atomic mass is 35.5. The summed E-state index contributed by atoms with van der Waals surface area (Å²) in [5.74, 6) is 5.92. The van der Waals surface area contributed by atoms with Crippen LogP contribution in [0.1, 0.15) is 0 Å². The van der Waals surface area contributed by atoms with Crippen molar-refractivity contribution in [2.45, 2.75) is 4.90 Å². The van der Waals surface area contributed by atoms with E-state index < -0.39 is 10.0 Å². The molecule has 0 atom stereocenters. The average molecular weight is 370 g/mol. The Bertz CT molecular complexity index is 842. The molecule has 0 radical (unpaired) electrons. The molecule has 0 aliphatic heterocycles. The van der Waals surface area contributed by atoms with E-state index in [-0.39, 0.29) is 18.0 Å². The lowest BCUT2D eigenvalue weighted by atomic mass is 10.3. The van der Waals surface area contributed by atoms with Gasteiger partial charge in [-0.25, -0.2) is 8.42 Å². The largest absolute Gasteiger partial charge is 0.479 e. The van der Waals surface area contributed by atoms with Crippen LogP contribution < -0.4 is 9.46 Å². The van der Waals surface area contributed by atoms with E-state index in [4.69, 9.17) is 27.9 Å². The summed E-state index contributed by atoms with van der Waals surface area (Å²) in [7, 11) is -3.63. The summed E-state index contributed by atoms with van der Waals surface area (Å²) in [6.07, 6.45) is 0. The van der Waals surface area contributed by atoms with Crippen molar-refractivity contribution >= 4 is 33.2 Å². The summed E-state index contributed by atoms with van der Waals surface area (Å²) >= 11 is 11.7. The first-order chi connectivity index (χ1) is 11.0. The highest BCUT2D eigenvalue weighted by molar-refractivity contribution is 7.89. The molecule has 0 spiro atoms. The highest BCUT2D eigenvalue weighted by Gasteiger charge is 2.12. The maximum atomic E-state index is 12.0. The van der Waals surface area contributed by atoms with E-state index in [9.17, 15) is 8.42 Å². The van der Waals surface area contributed by atoms with E-state index in [2.05, 4.69) is 16.6 Å². The molecule has 2 aromatic carbocycles. The summed E-state index contributed by atoms with van der Waals surface area (Å²) in [4.78, 5) is 0.0964. The second-order valence-electron chi connectivity index (χ2n) is 4.35. The van der Waals surface area contributed by atoms with Gasteiger partial charge in [0.1, 0.15) is 12.4 Å². The van der Waals surface area contributed by atoms with Gasteiger partial charge in [0.15, 0.2) is 0 Å². The van der Waals surface area contributed by atoms with Crippen molar-refractivity contribution in [3.05, 3.63) is 58.6 Å². The minimum Gasteiger partial charge on any atom is -0.479 e. The van der Waals surface area contributed by atoms with E-state index in [0.29, 0.717) is 15.8 Å². The van der Waals surface area contributed by atoms with E-state index in [0.717, 1.165) is 0 Å². The fourth-order valence-electron chi connectivity index (χ4n) is 1.64. The minimum atomic E-state index is -3.63. The van der Waals surface area contributed by atoms with Crippen LogP contribution in [0.3, 0.4) is 0 Å². The number of benzene rings is 2. The molecule has 0 heterocycles. The molecular weight excluding hydrogens is 357 g/mol. The second kappa shape index (κ2) is 8.23. The molecule has 0 aliphatic carbocycles. The summed E-state index contributed by atoms with van der Waals surface area (Å²) in [6, 6.07) is 13.0. The van der Waals surface area contributed by atoms with Gasteiger partial charge in [0.25, 0.3) is 0 Å². The van der Waals surface area contributed by atoms with Crippen molar-refractivity contribution in [2.24, 2.45) is 0 Å². The van der Waals surface area contributed by atoms with Crippen molar-refractivity contribution in [3.63, 3.8) is 0 Å². The summed E-state index contributed by atoms with van der Waals surface area (Å²) < 4.78 is 31.7. The number of hydrogen-bond acceptors (Lipinski definition) is 3. The number of sulfonamides is 1. The zero-order valence-corrected chi connectivity index (χ0v) is 14.3. The van der Waals surface area contributed by atoms with Crippen molar-refractivity contribution in [3.8, 4) is 17.6 Å². The Kier molecular flexibility index (Phi) is 6.31. The van der Waals surface area contributed by atoms with Crippen LogP contribution >= 0.6 is 23.2 Å². The second-order valence-corrected chi connectivity index (χ2v) is 6.97. The molecule has 120 valence electrons. The number of hydrogen-bond donors (Lipinski definition) is 1. The number of nitrogens with one attached hydrogen (secondary N) is 1. The topological polar surface area (TPSA) is 55.4 Å². The number of rotatable bonds is 5. The Hall–Kier alpha value is -1.71. The Labute approximate surface area is 145 Å². The van der Waals surface area contributed by atoms with E-state index in [1.54, 1.807) is 36.4 Å². The van der Waals surface area contributed by atoms with Gasteiger partial charge in [-0.05, 0) is 30.3 Å². The molecule has 4 nitrogen and oxygen atoms in total. The first-order valence-corrected chi connectivity index (χ1v) is 8.81. The maximum absolute atomic E-state index is 12.0. The monoisotopic (exact) mass is 369 g/mol. The Morgan fingerprint density at radius 2 is 1.83 bits per heavy atom. The third kappa shape index (κ3) is 5.45. The molecule has 0 amide bonds. The standard InChI is InChI=1S/C16H13Cl2NO3S/c17-13-6-5-7-14(12-13)23(20,21)19-10-3-4-11-22-16-9-2-1-8-15(16)18/h1-2,5-9,12,19H,10-11H2. The van der Waals surface area contributed by atoms with Crippen molar-refractivity contribution in [1.82, 2.24) is 4.72 Å². The lowest BCUT2D eigenvalue weighted by Crippen LogP contribution is -2.24. The normalized spacial score (nSPS) is 10.7. The predicted molar refractivity (Wildman–Crippen MR) is 91.4 cm³/mol. The fraction of sp³-hybridized carbons (Fsp3) is 0.125. The lowest BCUT2D eigenvalue weighted by molar-refractivity contribution is 0.370. The Morgan fingerprint density at radius 1 is 1.04 bits per heavy atom.